The van der Waals surface area contributed by atoms with Gasteiger partial charge in [-0.3, -0.25) is 14.4 Å². The number of pyridine rings is 1. The van der Waals surface area contributed by atoms with E-state index < -0.39 is 0 Å². The Morgan fingerprint density at radius 1 is 1.00 bits per heavy atom. The summed E-state index contributed by atoms with van der Waals surface area (Å²) in [5.41, 5.74) is 1.16. The summed E-state index contributed by atoms with van der Waals surface area (Å²) in [7, 11) is 0. The Bertz CT molecular complexity index is 1080. The Kier molecular flexibility index (Phi) is 4.99. The monoisotopic (exact) mass is 394 g/mol. The molecule has 29 heavy (non-hydrogen) atoms. The highest BCUT2D eigenvalue weighted by atomic mass is 19.1. The number of hydrogen-bond acceptors (Lipinski definition) is 3. The van der Waals surface area contributed by atoms with Crippen LogP contribution in [0.5, 0.6) is 0 Å². The summed E-state index contributed by atoms with van der Waals surface area (Å²) in [6.45, 7) is 0.599. The molecule has 1 aliphatic rings. The number of halogens is 1. The number of aromatic amines is 2. The zero-order valence-electron chi connectivity index (χ0n) is 15.4. The van der Waals surface area contributed by atoms with Crippen LogP contribution >= 0.6 is 0 Å². The summed E-state index contributed by atoms with van der Waals surface area (Å²) in [6, 6.07) is 11.6. The lowest BCUT2D eigenvalue weighted by Gasteiger charge is -2.19. The Hall–Kier alpha value is -3.68. The molecule has 0 spiro atoms. The van der Waals surface area contributed by atoms with Crippen molar-refractivity contribution in [2.45, 2.75) is 12.0 Å². The van der Waals surface area contributed by atoms with Gasteiger partial charge in [-0.1, -0.05) is 12.1 Å². The molecule has 2 amide bonds. The van der Waals surface area contributed by atoms with E-state index >= 15 is 0 Å². The smallest absolute Gasteiger partial charge is 0.270 e. The summed E-state index contributed by atoms with van der Waals surface area (Å²) in [5.74, 6) is -1.18. The van der Waals surface area contributed by atoms with Gasteiger partial charge >= 0.3 is 0 Å². The number of hydrogen-bond donors (Lipinski definition) is 3. The van der Waals surface area contributed by atoms with Crippen LogP contribution in [0.2, 0.25) is 0 Å². The van der Waals surface area contributed by atoms with Gasteiger partial charge in [0.05, 0.1) is 6.04 Å². The summed E-state index contributed by atoms with van der Waals surface area (Å²) in [5, 5.41) is 2.96. The van der Waals surface area contributed by atoms with Gasteiger partial charge in [0.25, 0.3) is 11.8 Å². The largest absolute Gasteiger partial charge is 0.357 e. The van der Waals surface area contributed by atoms with Crippen molar-refractivity contribution < 1.29 is 14.0 Å². The summed E-state index contributed by atoms with van der Waals surface area (Å²) < 4.78 is 13.4. The number of rotatable bonds is 4. The number of carbonyl (C=O) groups is 2. The van der Waals surface area contributed by atoms with Crippen LogP contribution in [0.25, 0.3) is 0 Å². The number of benzene rings is 1. The van der Waals surface area contributed by atoms with Crippen LogP contribution in [-0.4, -0.2) is 45.8 Å². The van der Waals surface area contributed by atoms with E-state index in [1.807, 2.05) is 0 Å². The summed E-state index contributed by atoms with van der Waals surface area (Å²) in [6.07, 6.45) is 3.08. The highest BCUT2D eigenvalue weighted by molar-refractivity contribution is 5.94. The van der Waals surface area contributed by atoms with Gasteiger partial charge in [0.2, 0.25) is 0 Å². The van der Waals surface area contributed by atoms with Gasteiger partial charge < -0.3 is 20.2 Å². The average molecular weight is 394 g/mol. The molecule has 3 heterocycles. The highest BCUT2D eigenvalue weighted by Crippen LogP contribution is 2.29. The van der Waals surface area contributed by atoms with Crippen molar-refractivity contribution in [2.75, 3.05) is 13.1 Å². The number of carbonyl (C=O) groups excluding carboxylic acids is 2. The zero-order chi connectivity index (χ0) is 20.4. The molecule has 0 unspecified atom stereocenters. The molecular formula is C21H19FN4O3. The van der Waals surface area contributed by atoms with E-state index in [0.717, 1.165) is 5.56 Å². The second kappa shape index (κ2) is 7.75. The van der Waals surface area contributed by atoms with E-state index in [2.05, 4.69) is 15.3 Å². The summed E-state index contributed by atoms with van der Waals surface area (Å²) >= 11 is 0. The first kappa shape index (κ1) is 18.7. The van der Waals surface area contributed by atoms with Crippen LogP contribution in [0.3, 0.4) is 0 Å². The second-order valence-electron chi connectivity index (χ2n) is 6.97. The molecule has 2 aromatic heterocycles. The number of amides is 2. The average Bonchev–Trinajstić information content (AvgIpc) is 3.38. The Morgan fingerprint density at radius 3 is 2.45 bits per heavy atom. The minimum atomic E-state index is -0.365. The van der Waals surface area contributed by atoms with E-state index in [1.165, 1.54) is 30.5 Å². The van der Waals surface area contributed by atoms with Crippen LogP contribution in [0.1, 0.15) is 32.5 Å². The molecule has 148 valence electrons. The minimum Gasteiger partial charge on any atom is -0.357 e. The first-order valence-corrected chi connectivity index (χ1v) is 9.19. The van der Waals surface area contributed by atoms with Crippen molar-refractivity contribution in [1.29, 1.82) is 0 Å². The normalized spacial score (nSPS) is 18.6. The van der Waals surface area contributed by atoms with Crippen LogP contribution < -0.4 is 10.7 Å². The van der Waals surface area contributed by atoms with Crippen molar-refractivity contribution in [3.05, 3.63) is 93.9 Å². The second-order valence-corrected chi connectivity index (χ2v) is 6.97. The minimum absolute atomic E-state index is 0.187. The Labute approximate surface area is 165 Å². The molecule has 0 radical (unpaired) electrons. The van der Waals surface area contributed by atoms with E-state index in [9.17, 15) is 18.8 Å². The van der Waals surface area contributed by atoms with Crippen LogP contribution in [0.4, 0.5) is 4.39 Å². The lowest BCUT2D eigenvalue weighted by molar-refractivity contribution is 0.0776. The zero-order valence-corrected chi connectivity index (χ0v) is 15.4. The Balaban J connectivity index is 1.59. The van der Waals surface area contributed by atoms with Crippen molar-refractivity contribution in [2.24, 2.45) is 0 Å². The van der Waals surface area contributed by atoms with E-state index in [1.54, 1.807) is 35.4 Å². The highest BCUT2D eigenvalue weighted by Gasteiger charge is 2.37. The lowest BCUT2D eigenvalue weighted by Crippen LogP contribution is -2.40. The third-order valence-electron chi connectivity index (χ3n) is 5.07. The molecule has 1 aromatic carbocycles. The molecule has 0 saturated carbocycles. The van der Waals surface area contributed by atoms with E-state index in [0.29, 0.717) is 12.2 Å². The number of likely N-dealkylation sites (tertiary alicyclic amines) is 1. The summed E-state index contributed by atoms with van der Waals surface area (Å²) in [4.78, 5) is 44.2. The first-order valence-electron chi connectivity index (χ1n) is 9.19. The standard InChI is InChI=1S/C21H19FN4O3/c22-14-5-3-13(4-6-14)16-11-26(21(29)18-10-15(27)7-9-24-18)12-19(16)25-20(28)17-2-1-8-23-17/h1-10,16,19,23H,11-12H2,(H,24,27)(H,25,28)/t16-,19+/m0/s1. The number of H-pyrrole nitrogens is 2. The maximum absolute atomic E-state index is 13.4. The van der Waals surface area contributed by atoms with E-state index in [4.69, 9.17) is 0 Å². The molecule has 1 saturated heterocycles. The molecule has 0 bridgehead atoms. The molecule has 0 aliphatic carbocycles. The van der Waals surface area contributed by atoms with Gasteiger partial charge in [-0.25, -0.2) is 4.39 Å². The molecule has 7 nitrogen and oxygen atoms in total. The maximum atomic E-state index is 13.4. The fraction of sp³-hybridized carbons (Fsp3) is 0.190. The maximum Gasteiger partial charge on any atom is 0.270 e. The predicted octanol–water partition coefficient (Wildman–Crippen LogP) is 1.88. The van der Waals surface area contributed by atoms with Gasteiger partial charge in [-0.2, -0.15) is 0 Å². The fourth-order valence-corrected chi connectivity index (χ4v) is 3.62. The van der Waals surface area contributed by atoms with Crippen molar-refractivity contribution in [3.8, 4) is 0 Å². The molecule has 4 rings (SSSR count). The van der Waals surface area contributed by atoms with Crippen molar-refractivity contribution in [1.82, 2.24) is 20.2 Å². The molecule has 2 atom stereocenters. The quantitative estimate of drug-likeness (QED) is 0.630. The number of nitrogens with one attached hydrogen (secondary N) is 3. The van der Waals surface area contributed by atoms with Crippen LogP contribution in [0, 0.1) is 5.82 Å². The molecule has 8 heteroatoms. The number of aromatic nitrogens is 2. The molecule has 3 aromatic rings. The Morgan fingerprint density at radius 2 is 1.76 bits per heavy atom. The van der Waals surface area contributed by atoms with Gasteiger partial charge in [0.1, 0.15) is 17.2 Å². The molecular weight excluding hydrogens is 375 g/mol. The fourth-order valence-electron chi connectivity index (χ4n) is 3.62. The lowest BCUT2D eigenvalue weighted by atomic mass is 9.94. The number of nitrogens with zero attached hydrogens (tertiary/aromatic N) is 1. The van der Waals surface area contributed by atoms with Crippen LogP contribution in [0.15, 0.2) is 65.7 Å². The third kappa shape index (κ3) is 3.96. The van der Waals surface area contributed by atoms with Gasteiger partial charge in [0.15, 0.2) is 5.43 Å². The molecule has 3 N–H and O–H groups in total. The van der Waals surface area contributed by atoms with Crippen molar-refractivity contribution in [3.63, 3.8) is 0 Å². The van der Waals surface area contributed by atoms with Gasteiger partial charge in [0, 0.05) is 43.5 Å². The third-order valence-corrected chi connectivity index (χ3v) is 5.07. The van der Waals surface area contributed by atoms with Crippen molar-refractivity contribution >= 4 is 11.8 Å². The molecule has 1 aliphatic heterocycles. The predicted molar refractivity (Wildman–Crippen MR) is 104 cm³/mol. The SMILES string of the molecule is O=C(N[C@@H]1CN(C(=O)c2cc(=O)cc[nH]2)C[C@H]1c1ccc(F)cc1)c1ccc[nH]1. The van der Waals surface area contributed by atoms with Gasteiger partial charge in [-0.15, -0.1) is 0 Å². The molecule has 1 fully saturated rings. The van der Waals surface area contributed by atoms with E-state index in [-0.39, 0.29) is 47.3 Å². The first-order chi connectivity index (χ1) is 14.0. The van der Waals surface area contributed by atoms with Crippen LogP contribution in [-0.2, 0) is 0 Å². The van der Waals surface area contributed by atoms with Gasteiger partial charge in [-0.05, 0) is 29.8 Å². The topological polar surface area (TPSA) is 98.1 Å².